The summed E-state index contributed by atoms with van der Waals surface area (Å²) in [4.78, 5) is 4.23. The molecular weight excluding hydrogens is 224 g/mol. The van der Waals surface area contributed by atoms with Gasteiger partial charge in [0.15, 0.2) is 0 Å². The van der Waals surface area contributed by atoms with Crippen LogP contribution in [0.5, 0.6) is 0 Å². The molecule has 0 radical (unpaired) electrons. The van der Waals surface area contributed by atoms with E-state index < -0.39 is 0 Å². The van der Waals surface area contributed by atoms with Crippen LogP contribution in [-0.4, -0.2) is 10.1 Å². The second kappa shape index (κ2) is 6.17. The van der Waals surface area contributed by atoms with E-state index in [1.807, 2.05) is 12.1 Å². The molecule has 0 aliphatic heterocycles. The van der Waals surface area contributed by atoms with E-state index in [1.165, 1.54) is 11.1 Å². The second-order valence-corrected chi connectivity index (χ2v) is 4.23. The largest absolute Gasteiger partial charge is 0.392 e. The van der Waals surface area contributed by atoms with Crippen molar-refractivity contribution in [3.63, 3.8) is 0 Å². The summed E-state index contributed by atoms with van der Waals surface area (Å²) in [5, 5.41) is 12.2. The lowest BCUT2D eigenvalue weighted by Gasteiger charge is -2.06. The number of aliphatic hydroxyl groups excluding tert-OH is 1. The lowest BCUT2D eigenvalue weighted by atomic mass is 10.1. The van der Waals surface area contributed by atoms with E-state index in [4.69, 9.17) is 5.11 Å². The van der Waals surface area contributed by atoms with Gasteiger partial charge in [-0.05, 0) is 29.2 Å². The number of hydrogen-bond acceptors (Lipinski definition) is 3. The summed E-state index contributed by atoms with van der Waals surface area (Å²) >= 11 is 0. The zero-order valence-electron chi connectivity index (χ0n) is 10.6. The molecule has 0 amide bonds. The first-order chi connectivity index (χ1) is 8.81. The Morgan fingerprint density at radius 1 is 1.00 bits per heavy atom. The van der Waals surface area contributed by atoms with Gasteiger partial charge in [0.25, 0.3) is 0 Å². The molecule has 0 fully saturated rings. The number of aryl methyl sites for hydroxylation is 1. The maximum absolute atomic E-state index is 8.93. The Labute approximate surface area is 108 Å². The summed E-state index contributed by atoms with van der Waals surface area (Å²) in [5.41, 5.74) is 3.41. The highest BCUT2D eigenvalue weighted by Crippen LogP contribution is 2.09. The van der Waals surface area contributed by atoms with Gasteiger partial charge in [-0.25, -0.2) is 4.98 Å². The van der Waals surface area contributed by atoms with Crippen molar-refractivity contribution in [2.75, 3.05) is 5.32 Å². The lowest BCUT2D eigenvalue weighted by molar-refractivity contribution is 0.281. The van der Waals surface area contributed by atoms with E-state index in [0.717, 1.165) is 24.3 Å². The molecule has 1 aromatic carbocycles. The fourth-order valence-electron chi connectivity index (χ4n) is 1.71. The van der Waals surface area contributed by atoms with Gasteiger partial charge in [-0.3, -0.25) is 0 Å². The van der Waals surface area contributed by atoms with Crippen LogP contribution in [0.3, 0.4) is 0 Å². The van der Waals surface area contributed by atoms with Crippen LogP contribution in [0.25, 0.3) is 0 Å². The third-order valence-corrected chi connectivity index (χ3v) is 2.91. The fraction of sp³-hybridized carbons (Fsp3) is 0.267. The highest BCUT2D eigenvalue weighted by atomic mass is 16.3. The van der Waals surface area contributed by atoms with Crippen molar-refractivity contribution in [3.8, 4) is 0 Å². The summed E-state index contributed by atoms with van der Waals surface area (Å²) < 4.78 is 0. The molecular formula is C15H18N2O. The average Bonchev–Trinajstić information content (AvgIpc) is 2.46. The maximum atomic E-state index is 8.93. The van der Waals surface area contributed by atoms with Gasteiger partial charge in [-0.1, -0.05) is 37.3 Å². The highest BCUT2D eigenvalue weighted by molar-refractivity contribution is 5.37. The zero-order chi connectivity index (χ0) is 12.8. The summed E-state index contributed by atoms with van der Waals surface area (Å²) in [7, 11) is 0. The molecule has 2 rings (SSSR count). The van der Waals surface area contributed by atoms with Crippen molar-refractivity contribution in [1.82, 2.24) is 4.98 Å². The number of aliphatic hydroxyl groups is 1. The number of aromatic nitrogens is 1. The van der Waals surface area contributed by atoms with Crippen LogP contribution < -0.4 is 5.32 Å². The van der Waals surface area contributed by atoms with E-state index in [1.54, 1.807) is 6.20 Å². The molecule has 18 heavy (non-hydrogen) atoms. The van der Waals surface area contributed by atoms with Gasteiger partial charge in [-0.15, -0.1) is 0 Å². The quantitative estimate of drug-likeness (QED) is 0.847. The highest BCUT2D eigenvalue weighted by Gasteiger charge is 1.96. The normalized spacial score (nSPS) is 10.3. The minimum atomic E-state index is 0.0335. The summed E-state index contributed by atoms with van der Waals surface area (Å²) in [6.45, 7) is 2.95. The van der Waals surface area contributed by atoms with E-state index in [9.17, 15) is 0 Å². The van der Waals surface area contributed by atoms with Crippen molar-refractivity contribution in [1.29, 1.82) is 0 Å². The summed E-state index contributed by atoms with van der Waals surface area (Å²) in [6.07, 6.45) is 2.75. The summed E-state index contributed by atoms with van der Waals surface area (Å²) in [5.74, 6) is 0.826. The van der Waals surface area contributed by atoms with Crippen LogP contribution in [0.2, 0.25) is 0 Å². The topological polar surface area (TPSA) is 45.1 Å². The fourth-order valence-corrected chi connectivity index (χ4v) is 1.71. The zero-order valence-corrected chi connectivity index (χ0v) is 10.6. The van der Waals surface area contributed by atoms with E-state index in [0.29, 0.717) is 0 Å². The van der Waals surface area contributed by atoms with Gasteiger partial charge in [-0.2, -0.15) is 0 Å². The predicted octanol–water partition coefficient (Wildman–Crippen LogP) is 2.75. The molecule has 3 heteroatoms. The number of pyridine rings is 1. The molecule has 1 aromatic heterocycles. The van der Waals surface area contributed by atoms with Gasteiger partial charge in [0.2, 0.25) is 0 Å². The Morgan fingerprint density at radius 2 is 1.67 bits per heavy atom. The summed E-state index contributed by atoms with van der Waals surface area (Å²) in [6, 6.07) is 12.3. The van der Waals surface area contributed by atoms with Crippen molar-refractivity contribution < 1.29 is 5.11 Å². The molecule has 0 aliphatic rings. The van der Waals surface area contributed by atoms with E-state index >= 15 is 0 Å². The van der Waals surface area contributed by atoms with Gasteiger partial charge in [0.05, 0.1) is 6.61 Å². The molecule has 2 N–H and O–H groups in total. The van der Waals surface area contributed by atoms with E-state index in [-0.39, 0.29) is 6.61 Å². The Kier molecular flexibility index (Phi) is 4.31. The van der Waals surface area contributed by atoms with Crippen LogP contribution >= 0.6 is 0 Å². The first kappa shape index (κ1) is 12.6. The molecule has 0 spiro atoms. The number of benzene rings is 1. The number of hydrogen-bond donors (Lipinski definition) is 2. The van der Waals surface area contributed by atoms with Crippen molar-refractivity contribution in [2.24, 2.45) is 0 Å². The third-order valence-electron chi connectivity index (χ3n) is 2.91. The molecule has 0 saturated heterocycles. The molecule has 3 nitrogen and oxygen atoms in total. The Balaban J connectivity index is 1.93. The van der Waals surface area contributed by atoms with Crippen LogP contribution in [0.1, 0.15) is 23.6 Å². The Morgan fingerprint density at radius 3 is 2.22 bits per heavy atom. The maximum Gasteiger partial charge on any atom is 0.126 e. The number of anilines is 1. The van der Waals surface area contributed by atoms with Gasteiger partial charge < -0.3 is 10.4 Å². The van der Waals surface area contributed by atoms with Crippen molar-refractivity contribution >= 4 is 5.82 Å². The molecule has 0 saturated carbocycles. The molecule has 0 aliphatic carbocycles. The minimum absolute atomic E-state index is 0.0335. The van der Waals surface area contributed by atoms with Gasteiger partial charge >= 0.3 is 0 Å². The Hall–Kier alpha value is -1.87. The van der Waals surface area contributed by atoms with Crippen LogP contribution in [0.4, 0.5) is 5.82 Å². The number of nitrogens with one attached hydrogen (secondary N) is 1. The molecule has 0 unspecified atom stereocenters. The van der Waals surface area contributed by atoms with Crippen LogP contribution in [0.15, 0.2) is 42.6 Å². The number of nitrogens with zero attached hydrogens (tertiary/aromatic N) is 1. The van der Waals surface area contributed by atoms with Gasteiger partial charge in [0, 0.05) is 12.7 Å². The first-order valence-corrected chi connectivity index (χ1v) is 6.19. The molecule has 2 aromatic rings. The smallest absolute Gasteiger partial charge is 0.126 e. The standard InChI is InChI=1S/C15H18N2O/c1-2-12-3-5-13(6-4-12)9-16-15-8-7-14(11-18)10-17-15/h3-8,10,18H,2,9,11H2,1H3,(H,16,17). The first-order valence-electron chi connectivity index (χ1n) is 6.19. The SMILES string of the molecule is CCc1ccc(CNc2ccc(CO)cn2)cc1. The molecule has 94 valence electrons. The number of rotatable bonds is 5. The van der Waals surface area contributed by atoms with Crippen LogP contribution in [0, 0.1) is 0 Å². The third kappa shape index (κ3) is 3.31. The van der Waals surface area contributed by atoms with Crippen LogP contribution in [-0.2, 0) is 19.6 Å². The molecule has 0 bridgehead atoms. The molecule has 0 atom stereocenters. The average molecular weight is 242 g/mol. The second-order valence-electron chi connectivity index (χ2n) is 4.23. The van der Waals surface area contributed by atoms with Crippen molar-refractivity contribution in [2.45, 2.75) is 26.5 Å². The predicted molar refractivity (Wildman–Crippen MR) is 73.3 cm³/mol. The van der Waals surface area contributed by atoms with Gasteiger partial charge in [0.1, 0.15) is 5.82 Å². The van der Waals surface area contributed by atoms with E-state index in [2.05, 4.69) is 41.5 Å². The van der Waals surface area contributed by atoms with Crippen molar-refractivity contribution in [3.05, 3.63) is 59.3 Å². The monoisotopic (exact) mass is 242 g/mol. The lowest BCUT2D eigenvalue weighted by Crippen LogP contribution is -2.01. The minimum Gasteiger partial charge on any atom is -0.392 e. The molecule has 1 heterocycles. The Bertz CT molecular complexity index is 429.